The number of benzene rings is 2. The molecule has 2 rings (SSSR count). The van der Waals surface area contributed by atoms with Crippen molar-refractivity contribution in [2.75, 3.05) is 11.1 Å². The minimum Gasteiger partial charge on any atom is -0.396 e. The Morgan fingerprint density at radius 1 is 1.15 bits per heavy atom. The first-order chi connectivity index (χ1) is 9.40. The van der Waals surface area contributed by atoms with Gasteiger partial charge in [0.25, 0.3) is 5.91 Å². The van der Waals surface area contributed by atoms with Crippen LogP contribution < -0.4 is 11.1 Å². The second kappa shape index (κ2) is 5.73. The quantitative estimate of drug-likeness (QED) is 0.806. The van der Waals surface area contributed by atoms with Gasteiger partial charge in [0.15, 0.2) is 0 Å². The first kappa shape index (κ1) is 14.7. The zero-order valence-electron chi connectivity index (χ0n) is 11.1. The molecule has 2 aromatic rings. The molecule has 0 spiro atoms. The molecule has 20 heavy (non-hydrogen) atoms. The fourth-order valence-corrected chi connectivity index (χ4v) is 2.34. The van der Waals surface area contributed by atoms with Crippen LogP contribution in [0, 0.1) is 13.8 Å². The van der Waals surface area contributed by atoms with Crippen LogP contribution in [0.2, 0.25) is 10.0 Å². The van der Waals surface area contributed by atoms with E-state index in [4.69, 9.17) is 28.9 Å². The largest absolute Gasteiger partial charge is 0.396 e. The zero-order valence-corrected chi connectivity index (χ0v) is 12.6. The number of carbonyl (C=O) groups excluding carboxylic acids is 1. The van der Waals surface area contributed by atoms with Crippen molar-refractivity contribution in [1.29, 1.82) is 0 Å². The average Bonchev–Trinajstić information content (AvgIpc) is 2.39. The number of carbonyl (C=O) groups is 1. The van der Waals surface area contributed by atoms with Gasteiger partial charge in [0.1, 0.15) is 0 Å². The molecule has 0 aliphatic carbocycles. The van der Waals surface area contributed by atoms with Crippen LogP contribution in [0.25, 0.3) is 0 Å². The van der Waals surface area contributed by atoms with Gasteiger partial charge in [-0.25, -0.2) is 0 Å². The summed E-state index contributed by atoms with van der Waals surface area (Å²) in [4.78, 5) is 12.3. The van der Waals surface area contributed by atoms with Crippen LogP contribution in [-0.4, -0.2) is 5.91 Å². The first-order valence-electron chi connectivity index (χ1n) is 6.02. The lowest BCUT2D eigenvalue weighted by atomic mass is 10.0. The van der Waals surface area contributed by atoms with E-state index in [0.29, 0.717) is 27.0 Å². The van der Waals surface area contributed by atoms with Crippen molar-refractivity contribution in [2.45, 2.75) is 13.8 Å². The van der Waals surface area contributed by atoms with Crippen LogP contribution in [0.4, 0.5) is 11.4 Å². The molecule has 0 unspecified atom stereocenters. The third kappa shape index (κ3) is 2.89. The number of nitrogens with two attached hydrogens (primary N) is 1. The van der Waals surface area contributed by atoms with E-state index in [1.54, 1.807) is 18.2 Å². The number of hydrogen-bond donors (Lipinski definition) is 2. The Bertz CT molecular complexity index is 661. The molecule has 0 bridgehead atoms. The number of hydrogen-bond acceptors (Lipinski definition) is 2. The fourth-order valence-electron chi connectivity index (χ4n) is 1.85. The van der Waals surface area contributed by atoms with Gasteiger partial charge in [-0.1, -0.05) is 35.3 Å². The van der Waals surface area contributed by atoms with E-state index < -0.39 is 0 Å². The molecule has 104 valence electrons. The van der Waals surface area contributed by atoms with Crippen LogP contribution >= 0.6 is 23.2 Å². The molecule has 3 nitrogen and oxygen atoms in total. The van der Waals surface area contributed by atoms with Crippen molar-refractivity contribution in [1.82, 2.24) is 0 Å². The molecule has 0 saturated heterocycles. The molecule has 1 amide bonds. The molecule has 0 aliphatic heterocycles. The second-order valence-electron chi connectivity index (χ2n) is 4.56. The first-order valence-corrected chi connectivity index (χ1v) is 6.78. The summed E-state index contributed by atoms with van der Waals surface area (Å²) < 4.78 is 0. The number of halogens is 2. The number of nitrogens with one attached hydrogen (secondary N) is 1. The topological polar surface area (TPSA) is 55.1 Å². The molecular weight excluding hydrogens is 295 g/mol. The predicted octanol–water partition coefficient (Wildman–Crippen LogP) is 4.44. The molecule has 2 aromatic carbocycles. The van der Waals surface area contributed by atoms with Gasteiger partial charge in [-0.3, -0.25) is 4.79 Å². The Labute approximate surface area is 127 Å². The number of anilines is 2. The molecule has 0 aliphatic rings. The zero-order chi connectivity index (χ0) is 14.9. The van der Waals surface area contributed by atoms with E-state index in [-0.39, 0.29) is 5.91 Å². The summed E-state index contributed by atoms with van der Waals surface area (Å²) in [6, 6.07) is 8.74. The van der Waals surface area contributed by atoms with E-state index in [1.165, 1.54) is 0 Å². The fraction of sp³-hybridized carbons (Fsp3) is 0.133. The Morgan fingerprint density at radius 3 is 2.35 bits per heavy atom. The van der Waals surface area contributed by atoms with Crippen molar-refractivity contribution < 1.29 is 4.79 Å². The third-order valence-corrected chi connectivity index (χ3v) is 3.81. The summed E-state index contributed by atoms with van der Waals surface area (Å²) in [5, 5.41) is 3.40. The normalized spacial score (nSPS) is 10.4. The van der Waals surface area contributed by atoms with E-state index in [0.717, 1.165) is 11.1 Å². The van der Waals surface area contributed by atoms with E-state index >= 15 is 0 Å². The highest BCUT2D eigenvalue weighted by atomic mass is 35.5. The minimum atomic E-state index is -0.205. The monoisotopic (exact) mass is 308 g/mol. The Balaban J connectivity index is 2.30. The Kier molecular flexibility index (Phi) is 4.21. The summed E-state index contributed by atoms with van der Waals surface area (Å²) in [6.07, 6.45) is 0. The summed E-state index contributed by atoms with van der Waals surface area (Å²) in [7, 11) is 0. The van der Waals surface area contributed by atoms with Gasteiger partial charge in [-0.2, -0.15) is 0 Å². The van der Waals surface area contributed by atoms with Crippen LogP contribution in [0.3, 0.4) is 0 Å². The van der Waals surface area contributed by atoms with Crippen LogP contribution in [-0.2, 0) is 0 Å². The highest BCUT2D eigenvalue weighted by molar-refractivity contribution is 6.39. The number of rotatable bonds is 2. The molecule has 0 fully saturated rings. The molecule has 0 aromatic heterocycles. The van der Waals surface area contributed by atoms with Gasteiger partial charge >= 0.3 is 0 Å². The Hall–Kier alpha value is -1.71. The Morgan fingerprint density at radius 2 is 1.75 bits per heavy atom. The lowest BCUT2D eigenvalue weighted by Gasteiger charge is -2.11. The van der Waals surface area contributed by atoms with Crippen molar-refractivity contribution in [2.24, 2.45) is 0 Å². The molecular formula is C15H14Cl2N2O. The molecule has 0 atom stereocenters. The van der Waals surface area contributed by atoms with Gasteiger partial charge in [-0.15, -0.1) is 0 Å². The van der Waals surface area contributed by atoms with Gasteiger partial charge in [0, 0.05) is 11.3 Å². The highest BCUT2D eigenvalue weighted by Crippen LogP contribution is 2.31. The van der Waals surface area contributed by atoms with Gasteiger partial charge in [0.2, 0.25) is 0 Å². The van der Waals surface area contributed by atoms with Gasteiger partial charge in [0.05, 0.1) is 15.7 Å². The molecule has 0 radical (unpaired) electrons. The SMILES string of the molecule is Cc1cccc(C(=O)Nc2cc(Cl)c(N)c(Cl)c2)c1C. The van der Waals surface area contributed by atoms with Crippen molar-refractivity contribution in [3.05, 3.63) is 57.1 Å². The summed E-state index contributed by atoms with van der Waals surface area (Å²) in [5.41, 5.74) is 9.10. The maximum absolute atomic E-state index is 12.3. The van der Waals surface area contributed by atoms with Crippen molar-refractivity contribution in [3.8, 4) is 0 Å². The molecule has 5 heteroatoms. The smallest absolute Gasteiger partial charge is 0.255 e. The molecule has 3 N–H and O–H groups in total. The summed E-state index contributed by atoms with van der Waals surface area (Å²) in [5.74, 6) is -0.205. The standard InChI is InChI=1S/C15H14Cl2N2O/c1-8-4-3-5-11(9(8)2)15(20)19-10-6-12(16)14(18)13(17)7-10/h3-7H,18H2,1-2H3,(H,19,20). The lowest BCUT2D eigenvalue weighted by Crippen LogP contribution is -2.14. The maximum Gasteiger partial charge on any atom is 0.255 e. The van der Waals surface area contributed by atoms with Crippen LogP contribution in [0.15, 0.2) is 30.3 Å². The lowest BCUT2D eigenvalue weighted by molar-refractivity contribution is 0.102. The van der Waals surface area contributed by atoms with E-state index in [1.807, 2.05) is 26.0 Å². The van der Waals surface area contributed by atoms with Gasteiger partial charge in [-0.05, 0) is 43.2 Å². The molecule has 0 saturated carbocycles. The number of aryl methyl sites for hydroxylation is 1. The van der Waals surface area contributed by atoms with Crippen molar-refractivity contribution >= 4 is 40.5 Å². The molecule has 0 heterocycles. The minimum absolute atomic E-state index is 0.205. The predicted molar refractivity (Wildman–Crippen MR) is 84.7 cm³/mol. The second-order valence-corrected chi connectivity index (χ2v) is 5.37. The average molecular weight is 309 g/mol. The van der Waals surface area contributed by atoms with Crippen molar-refractivity contribution in [3.63, 3.8) is 0 Å². The van der Waals surface area contributed by atoms with Crippen LogP contribution in [0.1, 0.15) is 21.5 Å². The summed E-state index contributed by atoms with van der Waals surface area (Å²) in [6.45, 7) is 3.87. The van der Waals surface area contributed by atoms with Gasteiger partial charge < -0.3 is 11.1 Å². The van der Waals surface area contributed by atoms with Crippen LogP contribution in [0.5, 0.6) is 0 Å². The number of nitrogen functional groups attached to an aromatic ring is 1. The van der Waals surface area contributed by atoms with E-state index in [9.17, 15) is 4.79 Å². The summed E-state index contributed by atoms with van der Waals surface area (Å²) >= 11 is 11.9. The maximum atomic E-state index is 12.3. The van der Waals surface area contributed by atoms with E-state index in [2.05, 4.69) is 5.32 Å². The number of amides is 1. The highest BCUT2D eigenvalue weighted by Gasteiger charge is 2.12. The third-order valence-electron chi connectivity index (χ3n) is 3.19.